The minimum absolute atomic E-state index is 0.221. The van der Waals surface area contributed by atoms with Crippen molar-refractivity contribution in [2.45, 2.75) is 64.1 Å². The molecule has 1 saturated heterocycles. The molecule has 1 aliphatic carbocycles. The Morgan fingerprint density at radius 1 is 1.13 bits per heavy atom. The van der Waals surface area contributed by atoms with Gasteiger partial charge in [-0.15, -0.1) is 0 Å². The van der Waals surface area contributed by atoms with Gasteiger partial charge in [0.15, 0.2) is 0 Å². The van der Waals surface area contributed by atoms with E-state index < -0.39 is 5.60 Å². The van der Waals surface area contributed by atoms with Gasteiger partial charge < -0.3 is 24.8 Å². The SMILES string of the molecule is CN(C)C(=O)c1ccc(C2CNCCN2C(=O)OC(C)(C)C)c(Nc2ncc3ccn(C4CCCC4)c3n2)n1. The average Bonchev–Trinajstić information content (AvgIpc) is 3.57. The third kappa shape index (κ3) is 5.83. The molecule has 11 heteroatoms. The predicted molar refractivity (Wildman–Crippen MR) is 149 cm³/mol. The van der Waals surface area contributed by atoms with E-state index in [2.05, 4.69) is 26.4 Å². The number of aromatic nitrogens is 4. The van der Waals surface area contributed by atoms with Crippen LogP contribution in [0.5, 0.6) is 0 Å². The number of nitrogens with one attached hydrogen (secondary N) is 2. The van der Waals surface area contributed by atoms with Crippen LogP contribution in [0.3, 0.4) is 0 Å². The van der Waals surface area contributed by atoms with Gasteiger partial charge in [0, 0.05) is 63.1 Å². The Morgan fingerprint density at radius 3 is 2.62 bits per heavy atom. The van der Waals surface area contributed by atoms with Crippen LogP contribution in [0.15, 0.2) is 30.6 Å². The van der Waals surface area contributed by atoms with E-state index in [1.54, 1.807) is 31.3 Å². The van der Waals surface area contributed by atoms with Crippen LogP contribution in [0.25, 0.3) is 11.0 Å². The van der Waals surface area contributed by atoms with Crippen molar-refractivity contribution < 1.29 is 14.3 Å². The van der Waals surface area contributed by atoms with Crippen LogP contribution in [0, 0.1) is 0 Å². The van der Waals surface area contributed by atoms with Crippen LogP contribution >= 0.6 is 0 Å². The Hall–Kier alpha value is -3.73. The first-order chi connectivity index (χ1) is 18.6. The standard InChI is InChI=1S/C28H38N8O3/c1-28(2,3)39-27(38)36-15-13-29-17-22(36)20-10-11-21(25(37)34(4)5)31-23(20)32-26-30-16-18-12-14-35(24(18)33-26)19-8-6-7-9-19/h10-12,14,16,19,22,29H,6-9,13,15,17H2,1-5H3,(H,30,31,32,33). The van der Waals surface area contributed by atoms with Crippen molar-refractivity contribution in [1.82, 2.24) is 34.6 Å². The first kappa shape index (κ1) is 26.9. The second kappa shape index (κ2) is 10.8. The van der Waals surface area contributed by atoms with Gasteiger partial charge in [-0.2, -0.15) is 4.98 Å². The molecular weight excluding hydrogens is 496 g/mol. The second-order valence-electron chi connectivity index (χ2n) is 11.5. The second-order valence-corrected chi connectivity index (χ2v) is 11.5. The molecule has 208 valence electrons. The lowest BCUT2D eigenvalue weighted by atomic mass is 10.0. The van der Waals surface area contributed by atoms with Gasteiger partial charge in [-0.3, -0.25) is 9.69 Å². The van der Waals surface area contributed by atoms with Gasteiger partial charge in [0.2, 0.25) is 5.95 Å². The normalized spacial score (nSPS) is 18.4. The fourth-order valence-corrected chi connectivity index (χ4v) is 5.29. The Kier molecular flexibility index (Phi) is 7.44. The van der Waals surface area contributed by atoms with Crippen molar-refractivity contribution in [3.05, 3.63) is 41.9 Å². The van der Waals surface area contributed by atoms with E-state index >= 15 is 0 Å². The summed E-state index contributed by atoms with van der Waals surface area (Å²) in [6.07, 6.45) is 8.25. The molecule has 2 aliphatic rings. The van der Waals surface area contributed by atoms with Crippen molar-refractivity contribution in [3.63, 3.8) is 0 Å². The number of pyridine rings is 1. The molecule has 5 rings (SSSR count). The number of hydrogen-bond donors (Lipinski definition) is 2. The highest BCUT2D eigenvalue weighted by atomic mass is 16.6. The van der Waals surface area contributed by atoms with Gasteiger partial charge in [-0.25, -0.2) is 14.8 Å². The minimum Gasteiger partial charge on any atom is -0.444 e. The summed E-state index contributed by atoms with van der Waals surface area (Å²) in [5.74, 6) is 0.598. The molecule has 2 amide bonds. The van der Waals surface area contributed by atoms with E-state index in [4.69, 9.17) is 14.7 Å². The van der Waals surface area contributed by atoms with Crippen LogP contribution in [-0.2, 0) is 4.74 Å². The summed E-state index contributed by atoms with van der Waals surface area (Å²) in [5.41, 5.74) is 1.29. The quantitative estimate of drug-likeness (QED) is 0.498. The molecule has 2 N–H and O–H groups in total. The van der Waals surface area contributed by atoms with Crippen LogP contribution in [0.4, 0.5) is 16.6 Å². The Bertz CT molecular complexity index is 1360. The zero-order valence-corrected chi connectivity index (χ0v) is 23.4. The third-order valence-electron chi connectivity index (χ3n) is 7.19. The molecule has 1 unspecified atom stereocenters. The molecular formula is C28H38N8O3. The van der Waals surface area contributed by atoms with Crippen molar-refractivity contribution in [2.75, 3.05) is 39.0 Å². The summed E-state index contributed by atoms with van der Waals surface area (Å²) in [6.45, 7) is 7.21. The number of anilines is 2. The molecule has 2 fully saturated rings. The number of nitrogens with zero attached hydrogens (tertiary/aromatic N) is 6. The fourth-order valence-electron chi connectivity index (χ4n) is 5.29. The number of piperazine rings is 1. The van der Waals surface area contributed by atoms with E-state index in [-0.39, 0.29) is 23.7 Å². The Morgan fingerprint density at radius 2 is 1.90 bits per heavy atom. The summed E-state index contributed by atoms with van der Waals surface area (Å²) in [7, 11) is 3.38. The van der Waals surface area contributed by atoms with Crippen molar-refractivity contribution in [3.8, 4) is 0 Å². The zero-order chi connectivity index (χ0) is 27.7. The number of fused-ring (bicyclic) bond motifs is 1. The van der Waals surface area contributed by atoms with Gasteiger partial charge in [0.05, 0.1) is 6.04 Å². The van der Waals surface area contributed by atoms with Crippen molar-refractivity contribution in [2.24, 2.45) is 0 Å². The summed E-state index contributed by atoms with van der Waals surface area (Å²) in [4.78, 5) is 43.3. The molecule has 3 aromatic heterocycles. The van der Waals surface area contributed by atoms with E-state index in [1.165, 1.54) is 17.7 Å². The minimum atomic E-state index is -0.620. The van der Waals surface area contributed by atoms with Crippen LogP contribution < -0.4 is 10.6 Å². The number of ether oxygens (including phenoxy) is 1. The van der Waals surface area contributed by atoms with Crippen molar-refractivity contribution in [1.29, 1.82) is 0 Å². The molecule has 11 nitrogen and oxygen atoms in total. The smallest absolute Gasteiger partial charge is 0.410 e. The summed E-state index contributed by atoms with van der Waals surface area (Å²) in [5, 5.41) is 7.64. The highest BCUT2D eigenvalue weighted by Crippen LogP contribution is 2.34. The van der Waals surface area contributed by atoms with Gasteiger partial charge in [0.25, 0.3) is 5.91 Å². The first-order valence-corrected chi connectivity index (χ1v) is 13.6. The summed E-state index contributed by atoms with van der Waals surface area (Å²) < 4.78 is 7.95. The number of rotatable bonds is 5. The first-order valence-electron chi connectivity index (χ1n) is 13.6. The lowest BCUT2D eigenvalue weighted by Crippen LogP contribution is -2.50. The van der Waals surface area contributed by atoms with E-state index in [9.17, 15) is 9.59 Å². The Labute approximate surface area is 228 Å². The number of amides is 2. The molecule has 39 heavy (non-hydrogen) atoms. The largest absolute Gasteiger partial charge is 0.444 e. The van der Waals surface area contributed by atoms with E-state index in [0.717, 1.165) is 29.4 Å². The highest BCUT2D eigenvalue weighted by Gasteiger charge is 2.33. The van der Waals surface area contributed by atoms with Crippen molar-refractivity contribution >= 4 is 34.8 Å². The molecule has 0 aromatic carbocycles. The molecule has 1 aliphatic heterocycles. The van der Waals surface area contributed by atoms with Gasteiger partial charge >= 0.3 is 6.09 Å². The Balaban J connectivity index is 1.53. The maximum absolute atomic E-state index is 13.2. The molecule has 3 aromatic rings. The van der Waals surface area contributed by atoms with E-state index in [0.29, 0.717) is 37.4 Å². The molecule has 0 bridgehead atoms. The third-order valence-corrected chi connectivity index (χ3v) is 7.19. The summed E-state index contributed by atoms with van der Waals surface area (Å²) >= 11 is 0. The van der Waals surface area contributed by atoms with Gasteiger partial charge in [-0.1, -0.05) is 18.9 Å². The summed E-state index contributed by atoms with van der Waals surface area (Å²) in [6, 6.07) is 5.67. The van der Waals surface area contributed by atoms with Gasteiger partial charge in [0.1, 0.15) is 22.8 Å². The molecule has 1 saturated carbocycles. The van der Waals surface area contributed by atoms with E-state index in [1.807, 2.05) is 32.9 Å². The fraction of sp³-hybridized carbons (Fsp3) is 0.536. The monoisotopic (exact) mass is 534 g/mol. The zero-order valence-electron chi connectivity index (χ0n) is 23.4. The van der Waals surface area contributed by atoms with Crippen LogP contribution in [-0.4, -0.2) is 80.6 Å². The van der Waals surface area contributed by atoms with Crippen LogP contribution in [0.1, 0.15) is 74.6 Å². The average molecular weight is 535 g/mol. The maximum Gasteiger partial charge on any atom is 0.410 e. The van der Waals surface area contributed by atoms with Gasteiger partial charge in [-0.05, 0) is 45.7 Å². The molecule has 0 radical (unpaired) electrons. The number of carbonyl (C=O) groups is 2. The molecule has 4 heterocycles. The number of hydrogen-bond acceptors (Lipinski definition) is 8. The lowest BCUT2D eigenvalue weighted by Gasteiger charge is -2.37. The maximum atomic E-state index is 13.2. The predicted octanol–water partition coefficient (Wildman–Crippen LogP) is 4.27. The lowest BCUT2D eigenvalue weighted by molar-refractivity contribution is 0.0118. The molecule has 1 atom stereocenters. The molecule has 0 spiro atoms. The number of carbonyl (C=O) groups excluding carboxylic acids is 2. The highest BCUT2D eigenvalue weighted by molar-refractivity contribution is 5.92. The topological polar surface area (TPSA) is 118 Å². The van der Waals surface area contributed by atoms with Crippen LogP contribution in [0.2, 0.25) is 0 Å².